The molecule has 1 saturated heterocycles. The zero-order chi connectivity index (χ0) is 14.9. The maximum atomic E-state index is 13.0. The summed E-state index contributed by atoms with van der Waals surface area (Å²) in [6.45, 7) is 3.17. The van der Waals surface area contributed by atoms with Gasteiger partial charge in [0.25, 0.3) is 0 Å². The quantitative estimate of drug-likeness (QED) is 0.854. The summed E-state index contributed by atoms with van der Waals surface area (Å²) in [5, 5.41) is 3.37. The smallest absolute Gasteiger partial charge is 0.317 e. The first-order chi connectivity index (χ1) is 10.0. The molecule has 2 unspecified atom stereocenters. The minimum absolute atomic E-state index is 0.174. The molecule has 2 saturated carbocycles. The third kappa shape index (κ3) is 4.13. The first-order valence-corrected chi connectivity index (χ1v) is 8.57. The van der Waals surface area contributed by atoms with E-state index in [4.69, 9.17) is 0 Å². The van der Waals surface area contributed by atoms with Crippen LogP contribution in [0.4, 0.5) is 13.2 Å². The van der Waals surface area contributed by atoms with Crippen LogP contribution in [0.15, 0.2) is 0 Å². The van der Waals surface area contributed by atoms with Crippen molar-refractivity contribution in [3.05, 3.63) is 0 Å². The van der Waals surface area contributed by atoms with Gasteiger partial charge in [-0.2, -0.15) is 13.2 Å². The van der Waals surface area contributed by atoms with Gasteiger partial charge in [0.05, 0.1) is 5.92 Å². The Bertz CT molecular complexity index is 335. The average molecular weight is 304 g/mol. The highest BCUT2D eigenvalue weighted by Gasteiger charge is 2.45. The fourth-order valence-electron chi connectivity index (χ4n) is 4.13. The Morgan fingerprint density at radius 2 is 1.62 bits per heavy atom. The standard InChI is InChI=1S/C16H27F3N2/c17-16(18,19)13-2-1-3-15(10-13)21(14-4-5-14)11-12-6-8-20-9-7-12/h12-15,20H,1-11H2. The molecule has 0 aromatic carbocycles. The fourth-order valence-corrected chi connectivity index (χ4v) is 4.13. The largest absolute Gasteiger partial charge is 0.391 e. The SMILES string of the molecule is FC(F)(F)C1CCCC(N(CC2CCNCC2)C2CC2)C1. The van der Waals surface area contributed by atoms with Gasteiger partial charge in [-0.25, -0.2) is 0 Å². The van der Waals surface area contributed by atoms with Crippen molar-refractivity contribution in [3.63, 3.8) is 0 Å². The van der Waals surface area contributed by atoms with E-state index in [0.717, 1.165) is 32.5 Å². The molecule has 1 N–H and O–H groups in total. The molecule has 1 aliphatic heterocycles. The van der Waals surface area contributed by atoms with Crippen LogP contribution in [0.5, 0.6) is 0 Å². The molecule has 0 radical (unpaired) electrons. The fraction of sp³-hybridized carbons (Fsp3) is 1.00. The van der Waals surface area contributed by atoms with Crippen molar-refractivity contribution in [2.45, 2.75) is 69.6 Å². The summed E-state index contributed by atoms with van der Waals surface area (Å²) in [6, 6.07) is 0.754. The van der Waals surface area contributed by atoms with Gasteiger partial charge in [0.15, 0.2) is 0 Å². The van der Waals surface area contributed by atoms with E-state index in [9.17, 15) is 13.2 Å². The van der Waals surface area contributed by atoms with E-state index in [0.29, 0.717) is 24.8 Å². The topological polar surface area (TPSA) is 15.3 Å². The maximum absolute atomic E-state index is 13.0. The van der Waals surface area contributed by atoms with Crippen molar-refractivity contribution in [2.24, 2.45) is 11.8 Å². The Balaban J connectivity index is 1.60. The van der Waals surface area contributed by atoms with Crippen LogP contribution < -0.4 is 5.32 Å². The molecule has 2 atom stereocenters. The molecule has 122 valence electrons. The van der Waals surface area contributed by atoms with Crippen LogP contribution >= 0.6 is 0 Å². The number of rotatable bonds is 4. The normalized spacial score (nSPS) is 32.6. The minimum Gasteiger partial charge on any atom is -0.317 e. The zero-order valence-electron chi connectivity index (χ0n) is 12.7. The molecular formula is C16H27F3N2. The summed E-state index contributed by atoms with van der Waals surface area (Å²) in [5.74, 6) is -0.386. The van der Waals surface area contributed by atoms with Crippen LogP contribution in [0.1, 0.15) is 51.4 Å². The van der Waals surface area contributed by atoms with Gasteiger partial charge >= 0.3 is 6.18 Å². The third-order valence-corrected chi connectivity index (χ3v) is 5.52. The van der Waals surface area contributed by atoms with Gasteiger partial charge in [-0.05, 0) is 64.0 Å². The summed E-state index contributed by atoms with van der Waals surface area (Å²) in [5.41, 5.74) is 0. The average Bonchev–Trinajstić information content (AvgIpc) is 3.30. The van der Waals surface area contributed by atoms with Crippen LogP contribution in [0.25, 0.3) is 0 Å². The minimum atomic E-state index is -4.00. The summed E-state index contributed by atoms with van der Waals surface area (Å²) in [7, 11) is 0. The van der Waals surface area contributed by atoms with Crippen molar-refractivity contribution in [2.75, 3.05) is 19.6 Å². The van der Waals surface area contributed by atoms with Crippen molar-refractivity contribution < 1.29 is 13.2 Å². The molecule has 5 heteroatoms. The number of nitrogens with one attached hydrogen (secondary N) is 1. The van der Waals surface area contributed by atoms with Gasteiger partial charge in [0, 0.05) is 18.6 Å². The number of nitrogens with zero attached hydrogens (tertiary/aromatic N) is 1. The Labute approximate surface area is 125 Å². The molecule has 3 fully saturated rings. The molecule has 0 spiro atoms. The number of piperidine rings is 1. The number of alkyl halides is 3. The Hall–Kier alpha value is -0.290. The number of halogens is 3. The zero-order valence-corrected chi connectivity index (χ0v) is 12.7. The van der Waals surface area contributed by atoms with E-state index in [1.165, 1.54) is 25.7 Å². The number of hydrogen-bond donors (Lipinski definition) is 1. The summed E-state index contributed by atoms with van der Waals surface area (Å²) < 4.78 is 39.1. The van der Waals surface area contributed by atoms with Crippen molar-refractivity contribution in [3.8, 4) is 0 Å². The highest BCUT2D eigenvalue weighted by atomic mass is 19.4. The molecule has 21 heavy (non-hydrogen) atoms. The second kappa shape index (κ2) is 6.45. The molecule has 0 aromatic rings. The third-order valence-electron chi connectivity index (χ3n) is 5.52. The molecule has 0 amide bonds. The van der Waals surface area contributed by atoms with Gasteiger partial charge < -0.3 is 5.32 Å². The predicted octanol–water partition coefficient (Wildman–Crippen LogP) is 3.57. The lowest BCUT2D eigenvalue weighted by atomic mass is 9.83. The van der Waals surface area contributed by atoms with E-state index in [-0.39, 0.29) is 6.04 Å². The Morgan fingerprint density at radius 1 is 0.905 bits per heavy atom. The summed E-state index contributed by atoms with van der Waals surface area (Å²) in [6.07, 6.45) is 3.13. The van der Waals surface area contributed by atoms with Crippen molar-refractivity contribution in [1.82, 2.24) is 10.2 Å². The molecule has 0 bridgehead atoms. The summed E-state index contributed by atoms with van der Waals surface area (Å²) in [4.78, 5) is 2.47. The molecule has 1 heterocycles. The lowest BCUT2D eigenvalue weighted by molar-refractivity contribution is -0.187. The van der Waals surface area contributed by atoms with E-state index >= 15 is 0 Å². The van der Waals surface area contributed by atoms with E-state index in [1.807, 2.05) is 0 Å². The molecular weight excluding hydrogens is 277 g/mol. The van der Waals surface area contributed by atoms with Crippen LogP contribution in [0, 0.1) is 11.8 Å². The lowest BCUT2D eigenvalue weighted by Gasteiger charge is -2.40. The van der Waals surface area contributed by atoms with Crippen LogP contribution in [-0.2, 0) is 0 Å². The molecule has 3 aliphatic rings. The highest BCUT2D eigenvalue weighted by Crippen LogP contribution is 2.42. The van der Waals surface area contributed by atoms with E-state index in [2.05, 4.69) is 10.2 Å². The van der Waals surface area contributed by atoms with Gasteiger partial charge in [0.2, 0.25) is 0 Å². The summed E-state index contributed by atoms with van der Waals surface area (Å²) >= 11 is 0. The molecule has 0 aromatic heterocycles. The molecule has 2 aliphatic carbocycles. The second-order valence-corrected chi connectivity index (χ2v) is 7.18. The van der Waals surface area contributed by atoms with Crippen molar-refractivity contribution in [1.29, 1.82) is 0 Å². The van der Waals surface area contributed by atoms with Gasteiger partial charge in [-0.1, -0.05) is 6.42 Å². The molecule has 3 rings (SSSR count). The lowest BCUT2D eigenvalue weighted by Crippen LogP contribution is -2.46. The maximum Gasteiger partial charge on any atom is 0.391 e. The van der Waals surface area contributed by atoms with Gasteiger partial charge in [0.1, 0.15) is 0 Å². The van der Waals surface area contributed by atoms with E-state index in [1.54, 1.807) is 0 Å². The number of hydrogen-bond acceptors (Lipinski definition) is 2. The van der Waals surface area contributed by atoms with Gasteiger partial charge in [-0.15, -0.1) is 0 Å². The monoisotopic (exact) mass is 304 g/mol. The highest BCUT2D eigenvalue weighted by molar-refractivity contribution is 4.93. The van der Waals surface area contributed by atoms with E-state index < -0.39 is 12.1 Å². The van der Waals surface area contributed by atoms with Crippen molar-refractivity contribution >= 4 is 0 Å². The van der Waals surface area contributed by atoms with Crippen LogP contribution in [0.2, 0.25) is 0 Å². The van der Waals surface area contributed by atoms with Crippen LogP contribution in [0.3, 0.4) is 0 Å². The second-order valence-electron chi connectivity index (χ2n) is 7.18. The first-order valence-electron chi connectivity index (χ1n) is 8.57. The van der Waals surface area contributed by atoms with Gasteiger partial charge in [-0.3, -0.25) is 4.90 Å². The first kappa shape index (κ1) is 15.6. The Morgan fingerprint density at radius 3 is 2.24 bits per heavy atom. The predicted molar refractivity (Wildman–Crippen MR) is 77.1 cm³/mol. The molecule has 2 nitrogen and oxygen atoms in total. The Kier molecular flexibility index (Phi) is 4.79. The van der Waals surface area contributed by atoms with Crippen LogP contribution in [-0.4, -0.2) is 42.8 Å².